The number of thioether (sulfide) groups is 1. The first-order chi connectivity index (χ1) is 14.5. The zero-order valence-electron chi connectivity index (χ0n) is 16.6. The average molecular weight is 428 g/mol. The molecule has 3 aromatic rings. The molecular formula is C20H20N4O5S. The fraction of sp³-hybridized carbons (Fsp3) is 0.250. The molecule has 1 fully saturated rings. The van der Waals surface area contributed by atoms with Crippen molar-refractivity contribution in [2.24, 2.45) is 0 Å². The number of rotatable bonds is 6. The number of amides is 1. The van der Waals surface area contributed by atoms with Gasteiger partial charge in [0, 0.05) is 17.6 Å². The van der Waals surface area contributed by atoms with Crippen molar-refractivity contribution >= 4 is 23.4 Å². The molecule has 10 heteroatoms. The van der Waals surface area contributed by atoms with Gasteiger partial charge in [-0.3, -0.25) is 14.8 Å². The SMILES string of the molecule is COc1ccc(C2SCC(=O)N2Nc2cc(-c3no[n+]([O-])c3C)ccc2OC)cc1. The monoisotopic (exact) mass is 428 g/mol. The van der Waals surface area contributed by atoms with E-state index < -0.39 is 0 Å². The molecule has 0 aliphatic carbocycles. The van der Waals surface area contributed by atoms with Gasteiger partial charge in [-0.25, -0.2) is 5.01 Å². The van der Waals surface area contributed by atoms with E-state index in [0.29, 0.717) is 39.0 Å². The van der Waals surface area contributed by atoms with Gasteiger partial charge in [0.2, 0.25) is 5.69 Å². The predicted molar refractivity (Wildman–Crippen MR) is 111 cm³/mol. The zero-order chi connectivity index (χ0) is 21.3. The minimum atomic E-state index is -0.214. The summed E-state index contributed by atoms with van der Waals surface area (Å²) in [5.41, 5.74) is 6.15. The van der Waals surface area contributed by atoms with Crippen LogP contribution in [0.25, 0.3) is 11.3 Å². The van der Waals surface area contributed by atoms with Gasteiger partial charge < -0.3 is 14.7 Å². The van der Waals surface area contributed by atoms with E-state index in [1.807, 2.05) is 24.3 Å². The van der Waals surface area contributed by atoms with E-state index >= 15 is 0 Å². The molecule has 1 aromatic heterocycles. The van der Waals surface area contributed by atoms with Crippen LogP contribution < -0.4 is 19.8 Å². The van der Waals surface area contributed by atoms with Crippen LogP contribution >= 0.6 is 11.8 Å². The summed E-state index contributed by atoms with van der Waals surface area (Å²) in [5, 5.41) is 16.8. The first-order valence-corrected chi connectivity index (χ1v) is 10.2. The van der Waals surface area contributed by atoms with Gasteiger partial charge in [-0.2, -0.15) is 0 Å². The summed E-state index contributed by atoms with van der Waals surface area (Å²) in [5.74, 6) is 1.60. The molecule has 0 bridgehead atoms. The number of carbonyl (C=O) groups excluding carboxylic acids is 1. The number of nitrogens with one attached hydrogen (secondary N) is 1. The van der Waals surface area contributed by atoms with Crippen molar-refractivity contribution in [3.63, 3.8) is 0 Å². The van der Waals surface area contributed by atoms with E-state index in [2.05, 4.69) is 15.2 Å². The smallest absolute Gasteiger partial charge is 0.252 e. The molecule has 1 unspecified atom stereocenters. The number of hydrazine groups is 1. The van der Waals surface area contributed by atoms with Crippen LogP contribution in [0, 0.1) is 12.1 Å². The predicted octanol–water partition coefficient (Wildman–Crippen LogP) is 2.90. The van der Waals surface area contributed by atoms with Gasteiger partial charge >= 0.3 is 0 Å². The molecule has 2 aromatic carbocycles. The van der Waals surface area contributed by atoms with Crippen molar-refractivity contribution in [1.29, 1.82) is 0 Å². The Morgan fingerprint density at radius 1 is 1.23 bits per heavy atom. The van der Waals surface area contributed by atoms with Crippen molar-refractivity contribution in [3.05, 3.63) is 58.9 Å². The quantitative estimate of drug-likeness (QED) is 0.598. The number of benzene rings is 2. The molecule has 0 spiro atoms. The highest BCUT2D eigenvalue weighted by atomic mass is 32.2. The Morgan fingerprint density at radius 2 is 2.00 bits per heavy atom. The Balaban J connectivity index is 1.66. The van der Waals surface area contributed by atoms with E-state index in [1.165, 1.54) is 11.8 Å². The van der Waals surface area contributed by atoms with E-state index in [0.717, 1.165) is 11.3 Å². The zero-order valence-corrected chi connectivity index (χ0v) is 17.4. The molecule has 4 rings (SSSR count). The third kappa shape index (κ3) is 3.61. The summed E-state index contributed by atoms with van der Waals surface area (Å²) < 4.78 is 15.3. The van der Waals surface area contributed by atoms with Crippen LogP contribution in [0.2, 0.25) is 0 Å². The maximum absolute atomic E-state index is 12.6. The average Bonchev–Trinajstić information content (AvgIpc) is 3.30. The van der Waals surface area contributed by atoms with Crippen LogP contribution in [0.5, 0.6) is 11.5 Å². The molecule has 30 heavy (non-hydrogen) atoms. The van der Waals surface area contributed by atoms with Gasteiger partial charge in [-0.05, 0) is 40.8 Å². The normalized spacial score (nSPS) is 16.0. The number of methoxy groups -OCH3 is 2. The number of nitrogens with zero attached hydrogens (tertiary/aromatic N) is 3. The molecular weight excluding hydrogens is 408 g/mol. The fourth-order valence-corrected chi connectivity index (χ4v) is 4.29. The molecule has 1 aliphatic heterocycles. The van der Waals surface area contributed by atoms with E-state index in [1.54, 1.807) is 44.4 Å². The summed E-state index contributed by atoms with van der Waals surface area (Å²) >= 11 is 1.52. The molecule has 1 aliphatic rings. The summed E-state index contributed by atoms with van der Waals surface area (Å²) in [4.78, 5) is 13.0. The van der Waals surface area contributed by atoms with Gasteiger partial charge in [0.25, 0.3) is 11.6 Å². The topological polar surface area (TPSA) is 104 Å². The van der Waals surface area contributed by atoms with E-state index in [9.17, 15) is 10.0 Å². The molecule has 1 N–H and O–H groups in total. The number of hydrogen-bond acceptors (Lipinski definition) is 8. The summed E-state index contributed by atoms with van der Waals surface area (Å²) in [6.45, 7) is 1.62. The van der Waals surface area contributed by atoms with Gasteiger partial charge in [0.1, 0.15) is 16.9 Å². The third-order valence-corrected chi connectivity index (χ3v) is 6.02. The van der Waals surface area contributed by atoms with Crippen molar-refractivity contribution in [3.8, 4) is 22.8 Å². The summed E-state index contributed by atoms with van der Waals surface area (Å²) in [6, 6.07) is 12.9. The Bertz CT molecular complexity index is 1070. The lowest BCUT2D eigenvalue weighted by atomic mass is 10.1. The van der Waals surface area contributed by atoms with Crippen LogP contribution in [-0.4, -0.2) is 36.0 Å². The van der Waals surface area contributed by atoms with Crippen LogP contribution in [0.3, 0.4) is 0 Å². The minimum Gasteiger partial charge on any atom is -0.497 e. The number of anilines is 1. The molecule has 0 saturated carbocycles. The second-order valence-electron chi connectivity index (χ2n) is 6.59. The van der Waals surface area contributed by atoms with Crippen LogP contribution in [0.1, 0.15) is 16.6 Å². The van der Waals surface area contributed by atoms with Crippen LogP contribution in [-0.2, 0) is 4.79 Å². The van der Waals surface area contributed by atoms with E-state index in [4.69, 9.17) is 9.47 Å². The molecule has 9 nitrogen and oxygen atoms in total. The molecule has 2 heterocycles. The lowest BCUT2D eigenvalue weighted by Gasteiger charge is -2.26. The van der Waals surface area contributed by atoms with Crippen molar-refractivity contribution in [1.82, 2.24) is 10.2 Å². The highest BCUT2D eigenvalue weighted by Gasteiger charge is 2.34. The number of hydrogen-bond donors (Lipinski definition) is 1. The molecule has 1 saturated heterocycles. The number of ether oxygens (including phenoxy) is 2. The lowest BCUT2D eigenvalue weighted by Crippen LogP contribution is -2.34. The Hall–Kier alpha value is -3.40. The number of aromatic nitrogens is 2. The maximum Gasteiger partial charge on any atom is 0.252 e. The van der Waals surface area contributed by atoms with Crippen molar-refractivity contribution in [2.45, 2.75) is 12.3 Å². The van der Waals surface area contributed by atoms with Gasteiger partial charge in [0.05, 0.1) is 25.7 Å². The highest BCUT2D eigenvalue weighted by molar-refractivity contribution is 8.00. The minimum absolute atomic E-state index is 0.0525. The molecule has 0 radical (unpaired) electrons. The first kappa shape index (κ1) is 19.9. The Labute approximate surface area is 177 Å². The Kier molecular flexibility index (Phi) is 5.40. The molecule has 1 amide bonds. The van der Waals surface area contributed by atoms with E-state index in [-0.39, 0.29) is 11.3 Å². The maximum atomic E-state index is 12.6. The summed E-state index contributed by atoms with van der Waals surface area (Å²) in [6.07, 6.45) is 0. The second-order valence-corrected chi connectivity index (χ2v) is 7.66. The lowest BCUT2D eigenvalue weighted by molar-refractivity contribution is -0.806. The highest BCUT2D eigenvalue weighted by Crippen LogP contribution is 2.40. The number of carbonyl (C=O) groups is 1. The van der Waals surface area contributed by atoms with Crippen molar-refractivity contribution in [2.75, 3.05) is 25.4 Å². The van der Waals surface area contributed by atoms with Crippen molar-refractivity contribution < 1.29 is 23.8 Å². The molecule has 156 valence electrons. The standard InChI is InChI=1S/C20H20N4O5S/c1-12-19(22-29-24(12)26)14-6-9-17(28-3)16(10-14)21-23-18(25)11-30-20(23)13-4-7-15(27-2)8-5-13/h4-10,20-21H,11H2,1-3H3. The summed E-state index contributed by atoms with van der Waals surface area (Å²) in [7, 11) is 3.16. The van der Waals surface area contributed by atoms with Gasteiger partial charge in [0.15, 0.2) is 0 Å². The van der Waals surface area contributed by atoms with Gasteiger partial charge in [-0.1, -0.05) is 12.1 Å². The Morgan fingerprint density at radius 3 is 2.63 bits per heavy atom. The first-order valence-electron chi connectivity index (χ1n) is 9.11. The van der Waals surface area contributed by atoms with Gasteiger partial charge in [-0.15, -0.1) is 11.8 Å². The largest absolute Gasteiger partial charge is 0.497 e. The fourth-order valence-electron chi connectivity index (χ4n) is 3.19. The second kappa shape index (κ2) is 8.15. The van der Waals surface area contributed by atoms with Crippen LogP contribution in [0.15, 0.2) is 47.1 Å². The third-order valence-electron chi connectivity index (χ3n) is 4.81. The van der Waals surface area contributed by atoms with Crippen LogP contribution in [0.4, 0.5) is 5.69 Å². The molecule has 1 atom stereocenters.